The summed E-state index contributed by atoms with van der Waals surface area (Å²) in [6.45, 7) is 6.66. The number of hydrogen-bond donors (Lipinski definition) is 2. The minimum atomic E-state index is -0.550. The van der Waals surface area contributed by atoms with Gasteiger partial charge in [-0.1, -0.05) is 12.2 Å². The SMILES string of the molecule is CC=C=C/C(=C\C=C/C)Oc1cc2c(cc1OC)CCNC2(C)CC(=O)Nc1nccs1. The molecule has 2 aromatic rings. The van der Waals surface area contributed by atoms with Crippen molar-refractivity contribution in [3.63, 3.8) is 0 Å². The molecule has 3 rings (SSSR count). The molecule has 0 aliphatic carbocycles. The summed E-state index contributed by atoms with van der Waals surface area (Å²) in [6.07, 6.45) is 12.1. The van der Waals surface area contributed by atoms with Gasteiger partial charge >= 0.3 is 0 Å². The van der Waals surface area contributed by atoms with Crippen LogP contribution in [0.4, 0.5) is 5.13 Å². The van der Waals surface area contributed by atoms with Crippen LogP contribution in [-0.2, 0) is 16.8 Å². The Bertz CT molecular complexity index is 1070. The Morgan fingerprint density at radius 2 is 2.22 bits per heavy atom. The number of amides is 1. The maximum Gasteiger partial charge on any atom is 0.228 e. The van der Waals surface area contributed by atoms with Crippen LogP contribution in [-0.4, -0.2) is 24.5 Å². The number of ether oxygens (including phenoxy) is 2. The van der Waals surface area contributed by atoms with Crippen molar-refractivity contribution in [2.24, 2.45) is 0 Å². The van der Waals surface area contributed by atoms with Crippen LogP contribution < -0.4 is 20.1 Å². The van der Waals surface area contributed by atoms with Crippen molar-refractivity contribution in [2.45, 2.75) is 39.2 Å². The van der Waals surface area contributed by atoms with E-state index in [0.29, 0.717) is 22.4 Å². The van der Waals surface area contributed by atoms with Crippen LogP contribution in [0.25, 0.3) is 0 Å². The number of carbonyl (C=O) groups is 1. The molecule has 0 radical (unpaired) electrons. The molecule has 2 heterocycles. The van der Waals surface area contributed by atoms with E-state index in [1.54, 1.807) is 19.4 Å². The smallest absolute Gasteiger partial charge is 0.228 e. The van der Waals surface area contributed by atoms with Crippen LogP contribution in [0.3, 0.4) is 0 Å². The topological polar surface area (TPSA) is 72.5 Å². The van der Waals surface area contributed by atoms with Gasteiger partial charge in [0.1, 0.15) is 5.76 Å². The quantitative estimate of drug-likeness (QED) is 0.331. The van der Waals surface area contributed by atoms with E-state index in [-0.39, 0.29) is 12.3 Å². The van der Waals surface area contributed by atoms with Gasteiger partial charge in [-0.2, -0.15) is 0 Å². The normalized spacial score (nSPS) is 17.9. The zero-order valence-electron chi connectivity index (χ0n) is 18.9. The molecule has 2 N–H and O–H groups in total. The first-order chi connectivity index (χ1) is 15.5. The number of methoxy groups -OCH3 is 1. The molecule has 1 unspecified atom stereocenters. The van der Waals surface area contributed by atoms with E-state index in [4.69, 9.17) is 9.47 Å². The highest BCUT2D eigenvalue weighted by atomic mass is 32.1. The summed E-state index contributed by atoms with van der Waals surface area (Å²) < 4.78 is 11.8. The molecule has 7 heteroatoms. The number of rotatable bonds is 8. The van der Waals surface area contributed by atoms with Crippen molar-refractivity contribution in [1.29, 1.82) is 0 Å². The lowest BCUT2D eigenvalue weighted by Gasteiger charge is -2.37. The Labute approximate surface area is 193 Å². The predicted octanol–water partition coefficient (Wildman–Crippen LogP) is 5.11. The number of hydrogen-bond acceptors (Lipinski definition) is 6. The van der Waals surface area contributed by atoms with Crippen LogP contribution >= 0.6 is 11.3 Å². The van der Waals surface area contributed by atoms with Gasteiger partial charge in [0.15, 0.2) is 16.6 Å². The Morgan fingerprint density at radius 3 is 2.91 bits per heavy atom. The summed E-state index contributed by atoms with van der Waals surface area (Å²) >= 11 is 1.40. The molecule has 0 spiro atoms. The van der Waals surface area contributed by atoms with Crippen molar-refractivity contribution in [1.82, 2.24) is 10.3 Å². The number of aromatic nitrogens is 1. The van der Waals surface area contributed by atoms with Crippen LogP contribution in [0.1, 0.15) is 38.3 Å². The average Bonchev–Trinajstić information content (AvgIpc) is 3.28. The molecule has 32 heavy (non-hydrogen) atoms. The minimum Gasteiger partial charge on any atom is -0.493 e. The summed E-state index contributed by atoms with van der Waals surface area (Å²) in [7, 11) is 1.63. The molecule has 0 saturated heterocycles. The zero-order chi connectivity index (χ0) is 23.0. The predicted molar refractivity (Wildman–Crippen MR) is 129 cm³/mol. The summed E-state index contributed by atoms with van der Waals surface area (Å²) in [5.74, 6) is 1.78. The third-order valence-electron chi connectivity index (χ3n) is 5.16. The third-order valence-corrected chi connectivity index (χ3v) is 5.85. The number of nitrogens with one attached hydrogen (secondary N) is 2. The monoisotopic (exact) mass is 451 g/mol. The van der Waals surface area contributed by atoms with E-state index in [0.717, 1.165) is 24.1 Å². The van der Waals surface area contributed by atoms with Gasteiger partial charge in [-0.05, 0) is 62.6 Å². The molecular weight excluding hydrogens is 422 g/mol. The largest absolute Gasteiger partial charge is 0.493 e. The molecule has 0 saturated carbocycles. The molecule has 0 bridgehead atoms. The van der Waals surface area contributed by atoms with Crippen LogP contribution in [0.5, 0.6) is 11.5 Å². The first-order valence-electron chi connectivity index (χ1n) is 10.5. The number of fused-ring (bicyclic) bond motifs is 1. The second-order valence-electron chi connectivity index (χ2n) is 7.53. The van der Waals surface area contributed by atoms with E-state index >= 15 is 0 Å². The maximum atomic E-state index is 12.7. The second-order valence-corrected chi connectivity index (χ2v) is 8.42. The van der Waals surface area contributed by atoms with Gasteiger partial charge in [0.05, 0.1) is 7.11 Å². The summed E-state index contributed by atoms with van der Waals surface area (Å²) in [5.41, 5.74) is 4.66. The average molecular weight is 452 g/mol. The number of thiazole rings is 1. The number of allylic oxidation sites excluding steroid dienone is 4. The van der Waals surface area contributed by atoms with E-state index in [9.17, 15) is 4.79 Å². The highest BCUT2D eigenvalue weighted by molar-refractivity contribution is 7.13. The summed E-state index contributed by atoms with van der Waals surface area (Å²) in [5, 5.41) is 8.84. The standard InChI is InChI=1S/C25H29N3O3S/c1-5-7-9-19(10-8-6-2)31-22-16-20-18(15-21(22)30-4)11-12-27-25(20,3)17-23(29)28-24-26-13-14-32-24/h5-7,9-10,13-16,27H,11-12,17H2,1-4H3,(H,26,28,29)/b7-5-,19-9+. The van der Waals surface area contributed by atoms with Gasteiger partial charge in [0, 0.05) is 36.2 Å². The van der Waals surface area contributed by atoms with Crippen LogP contribution in [0.15, 0.2) is 65.6 Å². The van der Waals surface area contributed by atoms with Gasteiger partial charge in [0.25, 0.3) is 0 Å². The molecule has 1 amide bonds. The Hall–Kier alpha value is -3.12. The number of anilines is 1. The fourth-order valence-corrected chi connectivity index (χ4v) is 4.20. The fourth-order valence-electron chi connectivity index (χ4n) is 3.65. The summed E-state index contributed by atoms with van der Waals surface area (Å²) in [4.78, 5) is 16.9. The minimum absolute atomic E-state index is 0.0919. The van der Waals surface area contributed by atoms with Crippen molar-refractivity contribution >= 4 is 22.4 Å². The Balaban J connectivity index is 1.94. The molecule has 1 aromatic carbocycles. The van der Waals surface area contributed by atoms with Crippen molar-refractivity contribution in [3.8, 4) is 11.5 Å². The molecule has 1 aliphatic heterocycles. The number of nitrogens with zero attached hydrogens (tertiary/aromatic N) is 1. The molecular formula is C25H29N3O3S. The maximum absolute atomic E-state index is 12.7. The van der Waals surface area contributed by atoms with Crippen molar-refractivity contribution in [2.75, 3.05) is 19.0 Å². The fraction of sp³-hybridized carbons (Fsp3) is 0.320. The lowest BCUT2D eigenvalue weighted by Crippen LogP contribution is -2.47. The highest BCUT2D eigenvalue weighted by Crippen LogP contribution is 2.40. The number of carbonyl (C=O) groups excluding carboxylic acids is 1. The van der Waals surface area contributed by atoms with Crippen LogP contribution in [0, 0.1) is 0 Å². The molecule has 0 fully saturated rings. The van der Waals surface area contributed by atoms with E-state index < -0.39 is 5.54 Å². The first-order valence-corrected chi connectivity index (χ1v) is 11.4. The van der Waals surface area contributed by atoms with E-state index in [2.05, 4.69) is 21.3 Å². The van der Waals surface area contributed by atoms with Crippen LogP contribution in [0.2, 0.25) is 0 Å². The molecule has 1 atom stereocenters. The van der Waals surface area contributed by atoms with Gasteiger partial charge in [-0.15, -0.1) is 17.1 Å². The molecule has 6 nitrogen and oxygen atoms in total. The van der Waals surface area contributed by atoms with Gasteiger partial charge in [-0.25, -0.2) is 4.98 Å². The van der Waals surface area contributed by atoms with Gasteiger partial charge in [0.2, 0.25) is 5.91 Å². The third kappa shape index (κ3) is 5.77. The molecule has 168 valence electrons. The lowest BCUT2D eigenvalue weighted by atomic mass is 9.81. The van der Waals surface area contributed by atoms with Crippen molar-refractivity contribution in [3.05, 3.63) is 76.7 Å². The molecule has 1 aliphatic rings. The number of benzene rings is 1. The first kappa shape index (κ1) is 23.5. The zero-order valence-corrected chi connectivity index (χ0v) is 19.7. The highest BCUT2D eigenvalue weighted by Gasteiger charge is 2.35. The summed E-state index contributed by atoms with van der Waals surface area (Å²) in [6, 6.07) is 3.99. The van der Waals surface area contributed by atoms with Gasteiger partial charge in [-0.3, -0.25) is 4.79 Å². The Morgan fingerprint density at radius 1 is 1.38 bits per heavy atom. The lowest BCUT2D eigenvalue weighted by molar-refractivity contribution is -0.117. The second kappa shape index (κ2) is 11.0. The van der Waals surface area contributed by atoms with Gasteiger partial charge < -0.3 is 20.1 Å². The van der Waals surface area contributed by atoms with E-state index in [1.807, 2.05) is 62.6 Å². The Kier molecular flexibility index (Phi) is 8.06. The van der Waals surface area contributed by atoms with Crippen molar-refractivity contribution < 1.29 is 14.3 Å². The molecule has 1 aromatic heterocycles. The van der Waals surface area contributed by atoms with E-state index in [1.165, 1.54) is 11.3 Å².